The Hall–Kier alpha value is -2.22. The minimum atomic E-state index is -0.198. The molecule has 2 aromatic rings. The molecule has 2 rings (SSSR count). The van der Waals surface area contributed by atoms with Crippen LogP contribution in [0.4, 0.5) is 5.69 Å². The monoisotopic (exact) mass is 287 g/mol. The van der Waals surface area contributed by atoms with Crippen LogP contribution in [0, 0.1) is 11.8 Å². The fourth-order valence-corrected chi connectivity index (χ4v) is 1.93. The van der Waals surface area contributed by atoms with Crippen LogP contribution in [0.25, 0.3) is 0 Å². The summed E-state index contributed by atoms with van der Waals surface area (Å²) in [6, 6.07) is 8.69. The van der Waals surface area contributed by atoms with Gasteiger partial charge in [-0.25, -0.2) is 0 Å². The van der Waals surface area contributed by atoms with E-state index in [-0.39, 0.29) is 12.5 Å². The summed E-state index contributed by atoms with van der Waals surface area (Å²) in [6.07, 6.45) is 1.81. The van der Waals surface area contributed by atoms with Gasteiger partial charge < -0.3 is 15.6 Å². The molecule has 0 aliphatic heterocycles. The highest BCUT2D eigenvalue weighted by molar-refractivity contribution is 6.30. The van der Waals surface area contributed by atoms with Crippen molar-refractivity contribution in [2.24, 2.45) is 12.8 Å². The summed E-state index contributed by atoms with van der Waals surface area (Å²) in [5.74, 6) is 5.45. The Kier molecular flexibility index (Phi) is 4.46. The molecule has 1 amide bonds. The average Bonchev–Trinajstić information content (AvgIpc) is 2.85. The summed E-state index contributed by atoms with van der Waals surface area (Å²) in [5.41, 5.74) is 7.19. The third-order valence-electron chi connectivity index (χ3n) is 2.73. The van der Waals surface area contributed by atoms with Gasteiger partial charge in [-0.2, -0.15) is 0 Å². The second-order valence-electron chi connectivity index (χ2n) is 4.15. The van der Waals surface area contributed by atoms with Crippen LogP contribution < -0.4 is 11.1 Å². The summed E-state index contributed by atoms with van der Waals surface area (Å²) in [5, 5.41) is 3.39. The number of aryl methyl sites for hydroxylation is 1. The van der Waals surface area contributed by atoms with E-state index in [2.05, 4.69) is 17.2 Å². The topological polar surface area (TPSA) is 60.0 Å². The van der Waals surface area contributed by atoms with E-state index < -0.39 is 0 Å². The van der Waals surface area contributed by atoms with E-state index in [9.17, 15) is 4.79 Å². The molecular formula is C15H14ClN3O. The SMILES string of the molecule is Cn1cccc1C(=O)Nc1ccc(Cl)cc1C#CCN. The fourth-order valence-electron chi connectivity index (χ4n) is 1.76. The maximum atomic E-state index is 12.2. The summed E-state index contributed by atoms with van der Waals surface area (Å²) in [6.45, 7) is 0.248. The van der Waals surface area contributed by atoms with Crippen LogP contribution in [-0.4, -0.2) is 17.0 Å². The van der Waals surface area contributed by atoms with Gasteiger partial charge in [-0.05, 0) is 30.3 Å². The molecule has 0 atom stereocenters. The van der Waals surface area contributed by atoms with Gasteiger partial charge >= 0.3 is 0 Å². The predicted molar refractivity (Wildman–Crippen MR) is 80.8 cm³/mol. The number of benzene rings is 1. The number of anilines is 1. The van der Waals surface area contributed by atoms with Gasteiger partial charge in [0.2, 0.25) is 0 Å². The van der Waals surface area contributed by atoms with Gasteiger partial charge in [0.15, 0.2) is 0 Å². The number of nitrogens with one attached hydrogen (secondary N) is 1. The van der Waals surface area contributed by atoms with Crippen molar-refractivity contribution in [3.8, 4) is 11.8 Å². The van der Waals surface area contributed by atoms with Gasteiger partial charge in [0.1, 0.15) is 5.69 Å². The third kappa shape index (κ3) is 3.21. The molecular weight excluding hydrogens is 274 g/mol. The molecule has 0 aliphatic rings. The van der Waals surface area contributed by atoms with Gasteiger partial charge in [-0.3, -0.25) is 4.79 Å². The van der Waals surface area contributed by atoms with E-state index in [1.54, 1.807) is 28.8 Å². The molecule has 0 fully saturated rings. The van der Waals surface area contributed by atoms with E-state index >= 15 is 0 Å². The number of halogens is 1. The summed E-state index contributed by atoms with van der Waals surface area (Å²) >= 11 is 5.94. The van der Waals surface area contributed by atoms with Crippen LogP contribution >= 0.6 is 11.6 Å². The smallest absolute Gasteiger partial charge is 0.272 e. The van der Waals surface area contributed by atoms with E-state index in [4.69, 9.17) is 17.3 Å². The molecule has 4 nitrogen and oxygen atoms in total. The third-order valence-corrected chi connectivity index (χ3v) is 2.97. The number of amides is 1. The minimum absolute atomic E-state index is 0.198. The van der Waals surface area contributed by atoms with Crippen molar-refractivity contribution in [1.29, 1.82) is 0 Å². The van der Waals surface area contributed by atoms with E-state index in [1.165, 1.54) is 0 Å². The van der Waals surface area contributed by atoms with Crippen LogP contribution in [0.2, 0.25) is 5.02 Å². The zero-order valence-electron chi connectivity index (χ0n) is 11.0. The number of aromatic nitrogens is 1. The molecule has 0 saturated carbocycles. The molecule has 0 spiro atoms. The molecule has 0 radical (unpaired) electrons. The molecule has 102 valence electrons. The highest BCUT2D eigenvalue weighted by Gasteiger charge is 2.11. The minimum Gasteiger partial charge on any atom is -0.347 e. The first-order valence-electron chi connectivity index (χ1n) is 6.03. The van der Waals surface area contributed by atoms with Gasteiger partial charge in [0, 0.05) is 23.8 Å². The molecule has 0 aliphatic carbocycles. The summed E-state index contributed by atoms with van der Waals surface area (Å²) < 4.78 is 1.75. The Morgan fingerprint density at radius 3 is 2.90 bits per heavy atom. The molecule has 5 heteroatoms. The van der Waals surface area contributed by atoms with Crippen LogP contribution in [0.5, 0.6) is 0 Å². The lowest BCUT2D eigenvalue weighted by atomic mass is 10.1. The first-order chi connectivity index (χ1) is 9.61. The largest absolute Gasteiger partial charge is 0.347 e. The highest BCUT2D eigenvalue weighted by atomic mass is 35.5. The maximum absolute atomic E-state index is 12.2. The molecule has 0 unspecified atom stereocenters. The second kappa shape index (κ2) is 6.29. The fraction of sp³-hybridized carbons (Fsp3) is 0.133. The number of carbonyl (C=O) groups excluding carboxylic acids is 1. The second-order valence-corrected chi connectivity index (χ2v) is 4.59. The van der Waals surface area contributed by atoms with Crippen molar-refractivity contribution in [2.75, 3.05) is 11.9 Å². The lowest BCUT2D eigenvalue weighted by molar-refractivity contribution is 0.101. The van der Waals surface area contributed by atoms with E-state index in [0.717, 1.165) is 0 Å². The molecule has 1 aromatic heterocycles. The first kappa shape index (κ1) is 14.2. The van der Waals surface area contributed by atoms with Crippen molar-refractivity contribution >= 4 is 23.2 Å². The Balaban J connectivity index is 2.29. The van der Waals surface area contributed by atoms with Crippen molar-refractivity contribution in [3.63, 3.8) is 0 Å². The average molecular weight is 288 g/mol. The van der Waals surface area contributed by atoms with Crippen molar-refractivity contribution in [1.82, 2.24) is 4.57 Å². The van der Waals surface area contributed by atoms with Crippen LogP contribution in [0.3, 0.4) is 0 Å². The van der Waals surface area contributed by atoms with E-state index in [1.807, 2.05) is 19.3 Å². The van der Waals surface area contributed by atoms with Crippen molar-refractivity contribution in [2.45, 2.75) is 0 Å². The van der Waals surface area contributed by atoms with Crippen molar-refractivity contribution < 1.29 is 4.79 Å². The Labute approximate surface area is 122 Å². The first-order valence-corrected chi connectivity index (χ1v) is 6.41. The molecule has 1 aromatic carbocycles. The van der Waals surface area contributed by atoms with Gasteiger partial charge in [0.25, 0.3) is 5.91 Å². The standard InChI is InChI=1S/C15H14ClN3O/c1-19-9-3-5-14(19)15(20)18-13-7-6-12(16)10-11(13)4-2-8-17/h3,5-7,9-10H,8,17H2,1H3,(H,18,20). The zero-order valence-corrected chi connectivity index (χ0v) is 11.7. The quantitative estimate of drug-likeness (QED) is 0.832. The summed E-state index contributed by atoms with van der Waals surface area (Å²) in [4.78, 5) is 12.2. The normalized spacial score (nSPS) is 9.75. The number of hydrogen-bond donors (Lipinski definition) is 2. The molecule has 20 heavy (non-hydrogen) atoms. The Bertz CT molecular complexity index is 695. The lowest BCUT2D eigenvalue weighted by Gasteiger charge is -2.08. The molecule has 1 heterocycles. The Morgan fingerprint density at radius 2 is 2.25 bits per heavy atom. The number of rotatable bonds is 2. The number of carbonyl (C=O) groups is 1. The molecule has 0 bridgehead atoms. The number of hydrogen-bond acceptors (Lipinski definition) is 2. The van der Waals surface area contributed by atoms with Gasteiger partial charge in [0.05, 0.1) is 12.2 Å². The summed E-state index contributed by atoms with van der Waals surface area (Å²) in [7, 11) is 1.81. The van der Waals surface area contributed by atoms with Crippen LogP contribution in [-0.2, 0) is 7.05 Å². The predicted octanol–water partition coefficient (Wildman–Crippen LogP) is 2.24. The lowest BCUT2D eigenvalue weighted by Crippen LogP contribution is -2.16. The van der Waals surface area contributed by atoms with Crippen LogP contribution in [0.15, 0.2) is 36.5 Å². The highest BCUT2D eigenvalue weighted by Crippen LogP contribution is 2.20. The number of nitrogens with zero attached hydrogens (tertiary/aromatic N) is 1. The molecule has 3 N–H and O–H groups in total. The van der Waals surface area contributed by atoms with Gasteiger partial charge in [-0.15, -0.1) is 0 Å². The van der Waals surface area contributed by atoms with Crippen molar-refractivity contribution in [3.05, 3.63) is 52.8 Å². The Morgan fingerprint density at radius 1 is 1.45 bits per heavy atom. The molecule has 0 saturated heterocycles. The maximum Gasteiger partial charge on any atom is 0.272 e. The van der Waals surface area contributed by atoms with E-state index in [0.29, 0.717) is 22.0 Å². The van der Waals surface area contributed by atoms with Crippen LogP contribution in [0.1, 0.15) is 16.1 Å². The zero-order chi connectivity index (χ0) is 14.5. The van der Waals surface area contributed by atoms with Gasteiger partial charge in [-0.1, -0.05) is 23.4 Å². The number of nitrogens with two attached hydrogens (primary N) is 1.